The first-order valence-corrected chi connectivity index (χ1v) is 8.32. The van der Waals surface area contributed by atoms with Crippen molar-refractivity contribution in [3.8, 4) is 17.1 Å². The van der Waals surface area contributed by atoms with Crippen molar-refractivity contribution >= 4 is 17.9 Å². The summed E-state index contributed by atoms with van der Waals surface area (Å²) in [5.41, 5.74) is 9.53. The highest BCUT2D eigenvalue weighted by molar-refractivity contribution is 5.98. The summed E-state index contributed by atoms with van der Waals surface area (Å²) >= 11 is 0. The number of rotatable bonds is 5. The molecule has 11 heteroatoms. The number of carbonyl (C=O) groups is 1. The average molecular weight is 392 g/mol. The smallest absolute Gasteiger partial charge is 0.294 e. The molecule has 0 aliphatic rings. The van der Waals surface area contributed by atoms with Crippen LogP contribution in [0.15, 0.2) is 64.3 Å². The summed E-state index contributed by atoms with van der Waals surface area (Å²) in [6.07, 6.45) is 1.31. The topological polar surface area (TPSA) is 137 Å². The van der Waals surface area contributed by atoms with Crippen LogP contribution in [0.5, 0.6) is 0 Å². The second kappa shape index (κ2) is 7.68. The number of nitrogens with zero attached hydrogens (tertiary/aromatic N) is 6. The van der Waals surface area contributed by atoms with Crippen LogP contribution in [0.25, 0.3) is 17.1 Å². The van der Waals surface area contributed by atoms with E-state index in [2.05, 4.69) is 35.8 Å². The molecule has 0 saturated carbocycles. The lowest BCUT2D eigenvalue weighted by molar-refractivity contribution is 0.0950. The molecular weight excluding hydrogens is 379 g/mol. The first-order chi connectivity index (χ1) is 14.1. The lowest BCUT2D eigenvalue weighted by Crippen LogP contribution is -2.19. The Balaban J connectivity index is 1.67. The van der Waals surface area contributed by atoms with Crippen molar-refractivity contribution in [1.29, 1.82) is 0 Å². The Morgan fingerprint density at radius 2 is 2.00 bits per heavy atom. The van der Waals surface area contributed by atoms with Gasteiger partial charge in [-0.05, 0) is 28.0 Å². The first kappa shape index (κ1) is 18.0. The van der Waals surface area contributed by atoms with Crippen molar-refractivity contribution in [3.63, 3.8) is 0 Å². The van der Waals surface area contributed by atoms with Crippen molar-refractivity contribution in [3.05, 3.63) is 71.7 Å². The van der Waals surface area contributed by atoms with Gasteiger partial charge in [-0.25, -0.2) is 14.4 Å². The predicted octanol–water partition coefficient (Wildman–Crippen LogP) is 1.80. The quantitative estimate of drug-likeness (QED) is 0.390. The third-order valence-electron chi connectivity index (χ3n) is 3.86. The van der Waals surface area contributed by atoms with Gasteiger partial charge >= 0.3 is 0 Å². The normalized spacial score (nSPS) is 11.1. The minimum atomic E-state index is -0.627. The van der Waals surface area contributed by atoms with Crippen LogP contribution in [0.4, 0.5) is 10.2 Å². The van der Waals surface area contributed by atoms with Gasteiger partial charge in [-0.1, -0.05) is 47.7 Å². The standard InChI is InChI=1S/C18H13FN8O2/c19-13-8-4-5-11(9-13)10-21-23-18(28)14-15(12-6-2-1-3-7-12)27(26-22-14)17-16(20)24-29-25-17/h1-10H,(H2,20,24)(H,23,28)/b21-10+. The van der Waals surface area contributed by atoms with Gasteiger partial charge in [-0.3, -0.25) is 4.79 Å². The Morgan fingerprint density at radius 1 is 1.17 bits per heavy atom. The first-order valence-electron chi connectivity index (χ1n) is 8.32. The van der Waals surface area contributed by atoms with E-state index in [1.807, 2.05) is 6.07 Å². The second-order valence-electron chi connectivity index (χ2n) is 5.79. The summed E-state index contributed by atoms with van der Waals surface area (Å²) in [5.74, 6) is -0.951. The summed E-state index contributed by atoms with van der Waals surface area (Å²) in [7, 11) is 0. The Morgan fingerprint density at radius 3 is 2.72 bits per heavy atom. The highest BCUT2D eigenvalue weighted by atomic mass is 19.1. The number of halogens is 1. The fourth-order valence-electron chi connectivity index (χ4n) is 2.58. The van der Waals surface area contributed by atoms with Crippen LogP contribution in [0, 0.1) is 5.82 Å². The molecule has 2 aromatic heterocycles. The van der Waals surface area contributed by atoms with Crippen LogP contribution in [0.1, 0.15) is 16.1 Å². The molecule has 0 spiro atoms. The number of hydrogen-bond acceptors (Lipinski definition) is 8. The largest absolute Gasteiger partial charge is 0.378 e. The third kappa shape index (κ3) is 3.69. The zero-order valence-corrected chi connectivity index (χ0v) is 14.7. The summed E-state index contributed by atoms with van der Waals surface area (Å²) in [6.45, 7) is 0. The molecule has 4 aromatic rings. The summed E-state index contributed by atoms with van der Waals surface area (Å²) in [4.78, 5) is 12.7. The number of carbonyl (C=O) groups excluding carboxylic acids is 1. The van der Waals surface area contributed by atoms with E-state index in [0.717, 1.165) is 0 Å². The molecule has 0 bridgehead atoms. The summed E-state index contributed by atoms with van der Waals surface area (Å²) in [6, 6.07) is 14.7. The average Bonchev–Trinajstić information content (AvgIpc) is 3.34. The van der Waals surface area contributed by atoms with E-state index >= 15 is 0 Å². The maximum Gasteiger partial charge on any atom is 0.294 e. The van der Waals surface area contributed by atoms with Crippen LogP contribution in [0.2, 0.25) is 0 Å². The fourth-order valence-corrected chi connectivity index (χ4v) is 2.58. The molecule has 0 radical (unpaired) electrons. The van der Waals surface area contributed by atoms with Crippen LogP contribution in [-0.2, 0) is 0 Å². The van der Waals surface area contributed by atoms with E-state index < -0.39 is 11.7 Å². The van der Waals surface area contributed by atoms with Crippen LogP contribution in [-0.4, -0.2) is 37.4 Å². The van der Waals surface area contributed by atoms with E-state index in [1.54, 1.807) is 30.3 Å². The minimum absolute atomic E-state index is 0.0110. The number of aromatic nitrogens is 5. The zero-order valence-electron chi connectivity index (χ0n) is 14.7. The van der Waals surface area contributed by atoms with Gasteiger partial charge in [0.1, 0.15) is 11.5 Å². The number of anilines is 1. The van der Waals surface area contributed by atoms with Gasteiger partial charge in [0.05, 0.1) is 6.21 Å². The highest BCUT2D eigenvalue weighted by Gasteiger charge is 2.24. The SMILES string of the molecule is Nc1nonc1-n1nnc(C(=O)N/N=C/c2cccc(F)c2)c1-c1ccccc1. The van der Waals surface area contributed by atoms with Gasteiger partial charge in [-0.15, -0.1) is 5.10 Å². The number of amides is 1. The maximum atomic E-state index is 13.2. The summed E-state index contributed by atoms with van der Waals surface area (Å²) in [5, 5.41) is 19.0. The Bertz CT molecular complexity index is 1190. The minimum Gasteiger partial charge on any atom is -0.378 e. The molecule has 0 fully saturated rings. The fraction of sp³-hybridized carbons (Fsp3) is 0. The molecule has 10 nitrogen and oxygen atoms in total. The third-order valence-corrected chi connectivity index (χ3v) is 3.86. The lowest BCUT2D eigenvalue weighted by Gasteiger charge is -2.05. The number of nitrogens with one attached hydrogen (secondary N) is 1. The second-order valence-corrected chi connectivity index (χ2v) is 5.79. The number of benzene rings is 2. The van der Waals surface area contributed by atoms with Crippen molar-refractivity contribution in [1.82, 2.24) is 30.7 Å². The van der Waals surface area contributed by atoms with Crippen molar-refractivity contribution in [2.45, 2.75) is 0 Å². The summed E-state index contributed by atoms with van der Waals surface area (Å²) < 4.78 is 19.1. The number of hydrazone groups is 1. The molecule has 0 aliphatic carbocycles. The van der Waals surface area contributed by atoms with E-state index in [4.69, 9.17) is 5.73 Å². The molecule has 2 heterocycles. The van der Waals surface area contributed by atoms with Gasteiger partial charge < -0.3 is 5.73 Å². The molecule has 4 rings (SSSR count). The van der Waals surface area contributed by atoms with Gasteiger partial charge in [0.2, 0.25) is 11.6 Å². The van der Waals surface area contributed by atoms with Gasteiger partial charge in [0, 0.05) is 5.56 Å². The monoisotopic (exact) mass is 392 g/mol. The van der Waals surface area contributed by atoms with E-state index in [1.165, 1.54) is 29.1 Å². The highest BCUT2D eigenvalue weighted by Crippen LogP contribution is 2.26. The molecular formula is C18H13FN8O2. The van der Waals surface area contributed by atoms with Gasteiger partial charge in [0.25, 0.3) is 5.91 Å². The van der Waals surface area contributed by atoms with E-state index in [9.17, 15) is 9.18 Å². The van der Waals surface area contributed by atoms with Crippen molar-refractivity contribution in [2.24, 2.45) is 5.10 Å². The van der Waals surface area contributed by atoms with E-state index in [-0.39, 0.29) is 17.3 Å². The van der Waals surface area contributed by atoms with Crippen LogP contribution >= 0.6 is 0 Å². The number of hydrogen-bond donors (Lipinski definition) is 2. The molecule has 3 N–H and O–H groups in total. The molecule has 1 amide bonds. The van der Waals surface area contributed by atoms with Gasteiger partial charge in [0.15, 0.2) is 5.69 Å². The molecule has 0 atom stereocenters. The van der Waals surface area contributed by atoms with Crippen LogP contribution < -0.4 is 11.2 Å². The number of nitrogens with two attached hydrogens (primary N) is 1. The Hall–Kier alpha value is -4.41. The molecule has 29 heavy (non-hydrogen) atoms. The zero-order chi connectivity index (χ0) is 20.2. The van der Waals surface area contributed by atoms with E-state index in [0.29, 0.717) is 16.8 Å². The van der Waals surface area contributed by atoms with Crippen LogP contribution in [0.3, 0.4) is 0 Å². The van der Waals surface area contributed by atoms with Crippen molar-refractivity contribution in [2.75, 3.05) is 5.73 Å². The molecule has 144 valence electrons. The molecule has 0 unspecified atom stereocenters. The van der Waals surface area contributed by atoms with Crippen molar-refractivity contribution < 1.29 is 13.8 Å². The Kier molecular flexibility index (Phi) is 4.76. The predicted molar refractivity (Wildman–Crippen MR) is 101 cm³/mol. The lowest BCUT2D eigenvalue weighted by atomic mass is 10.1. The molecule has 2 aromatic carbocycles. The maximum absolute atomic E-state index is 13.2. The van der Waals surface area contributed by atoms with Gasteiger partial charge in [-0.2, -0.15) is 9.78 Å². The molecule has 0 saturated heterocycles. The Labute approximate surface area is 162 Å². The number of nitrogen functional groups attached to an aromatic ring is 1. The molecule has 0 aliphatic heterocycles.